The van der Waals surface area contributed by atoms with E-state index in [1.165, 1.54) is 12.5 Å². The van der Waals surface area contributed by atoms with E-state index in [0.29, 0.717) is 18.1 Å². The van der Waals surface area contributed by atoms with Crippen LogP contribution in [0.3, 0.4) is 0 Å². The highest BCUT2D eigenvalue weighted by Gasteiger charge is 2.36. The van der Waals surface area contributed by atoms with Gasteiger partial charge in [0.15, 0.2) is 11.6 Å². The molecule has 0 N–H and O–H groups in total. The SMILES string of the molecule is Fc1ccc(F)c2c1OCC1CCCCC21.Sc1ccc(Cl)cc1. The largest absolute Gasteiger partial charge is 0.490 e. The summed E-state index contributed by atoms with van der Waals surface area (Å²) in [6.45, 7) is 0.540. The quantitative estimate of drug-likeness (QED) is 0.540. The van der Waals surface area contributed by atoms with E-state index in [0.717, 1.165) is 35.2 Å². The average molecular weight is 369 g/mol. The van der Waals surface area contributed by atoms with Crippen molar-refractivity contribution in [1.29, 1.82) is 0 Å². The van der Waals surface area contributed by atoms with E-state index in [-0.39, 0.29) is 17.5 Å². The fourth-order valence-corrected chi connectivity index (χ4v) is 3.73. The predicted molar refractivity (Wildman–Crippen MR) is 95.3 cm³/mol. The normalized spacial score (nSPS) is 21.7. The molecule has 1 nitrogen and oxygen atoms in total. The molecule has 0 bridgehead atoms. The molecule has 0 radical (unpaired) electrons. The Labute approximate surface area is 151 Å². The number of fused-ring (bicyclic) bond motifs is 3. The second-order valence-corrected chi connectivity index (χ2v) is 7.16. The van der Waals surface area contributed by atoms with Gasteiger partial charge in [-0.1, -0.05) is 24.4 Å². The maximum Gasteiger partial charge on any atom is 0.165 e. The molecule has 2 atom stereocenters. The molecular formula is C19H19ClF2OS. The van der Waals surface area contributed by atoms with Crippen LogP contribution < -0.4 is 4.74 Å². The Morgan fingerprint density at radius 2 is 1.62 bits per heavy atom. The maximum atomic E-state index is 13.8. The van der Waals surface area contributed by atoms with Crippen molar-refractivity contribution in [3.05, 3.63) is 58.6 Å². The van der Waals surface area contributed by atoms with E-state index in [1.807, 2.05) is 24.3 Å². The molecule has 0 saturated heterocycles. The second-order valence-electron chi connectivity index (χ2n) is 6.21. The molecule has 4 rings (SSSR count). The molecule has 1 saturated carbocycles. The van der Waals surface area contributed by atoms with E-state index in [4.69, 9.17) is 16.3 Å². The van der Waals surface area contributed by atoms with Gasteiger partial charge < -0.3 is 4.74 Å². The first-order valence-electron chi connectivity index (χ1n) is 8.11. The van der Waals surface area contributed by atoms with Gasteiger partial charge in [-0.15, -0.1) is 12.6 Å². The van der Waals surface area contributed by atoms with E-state index in [2.05, 4.69) is 12.6 Å². The highest BCUT2D eigenvalue weighted by molar-refractivity contribution is 7.80. The number of hydrogen-bond acceptors (Lipinski definition) is 2. The minimum atomic E-state index is -0.430. The van der Waals surface area contributed by atoms with E-state index < -0.39 is 5.82 Å². The average Bonchev–Trinajstić information content (AvgIpc) is 2.61. The Morgan fingerprint density at radius 3 is 2.33 bits per heavy atom. The van der Waals surface area contributed by atoms with Gasteiger partial charge in [0.05, 0.1) is 6.61 Å². The molecule has 2 unspecified atom stereocenters. The molecule has 0 spiro atoms. The van der Waals surface area contributed by atoms with Crippen LogP contribution in [0, 0.1) is 17.6 Å². The zero-order chi connectivity index (χ0) is 17.1. The number of halogens is 3. The number of ether oxygens (including phenoxy) is 1. The highest BCUT2D eigenvalue weighted by atomic mass is 35.5. The Hall–Kier alpha value is -1.26. The molecule has 2 aromatic rings. The van der Waals surface area contributed by atoms with Crippen molar-refractivity contribution in [2.45, 2.75) is 36.5 Å². The van der Waals surface area contributed by atoms with Crippen molar-refractivity contribution in [2.75, 3.05) is 6.61 Å². The van der Waals surface area contributed by atoms with Gasteiger partial charge in [-0.05, 0) is 55.2 Å². The monoisotopic (exact) mass is 368 g/mol. The third-order valence-corrected chi connectivity index (χ3v) is 5.19. The zero-order valence-corrected chi connectivity index (χ0v) is 14.8. The van der Waals surface area contributed by atoms with E-state index >= 15 is 0 Å². The second kappa shape index (κ2) is 7.75. The van der Waals surface area contributed by atoms with Gasteiger partial charge in [0.25, 0.3) is 0 Å². The molecule has 2 aliphatic rings. The lowest BCUT2D eigenvalue weighted by molar-refractivity contribution is 0.147. The van der Waals surface area contributed by atoms with Crippen LogP contribution in [-0.2, 0) is 0 Å². The van der Waals surface area contributed by atoms with Crippen molar-refractivity contribution >= 4 is 24.2 Å². The summed E-state index contributed by atoms with van der Waals surface area (Å²) in [5, 5.41) is 0.753. The predicted octanol–water partition coefficient (Wildman–Crippen LogP) is 6.26. The number of thiol groups is 1. The number of benzene rings is 2. The van der Waals surface area contributed by atoms with Gasteiger partial charge in [-0.2, -0.15) is 0 Å². The first-order chi connectivity index (χ1) is 11.6. The Balaban J connectivity index is 0.000000179. The number of hydrogen-bond donors (Lipinski definition) is 1. The Morgan fingerprint density at radius 1 is 0.958 bits per heavy atom. The molecule has 5 heteroatoms. The van der Waals surface area contributed by atoms with Crippen molar-refractivity contribution in [2.24, 2.45) is 5.92 Å². The van der Waals surface area contributed by atoms with Crippen LogP contribution >= 0.6 is 24.2 Å². The third kappa shape index (κ3) is 3.86. The van der Waals surface area contributed by atoms with Crippen LogP contribution in [0.5, 0.6) is 5.75 Å². The summed E-state index contributed by atoms with van der Waals surface area (Å²) in [6, 6.07) is 9.69. The molecule has 2 aromatic carbocycles. The fraction of sp³-hybridized carbons (Fsp3) is 0.368. The molecule has 1 aliphatic heterocycles. The summed E-state index contributed by atoms with van der Waals surface area (Å²) in [7, 11) is 0. The Bertz CT molecular complexity index is 684. The zero-order valence-electron chi connectivity index (χ0n) is 13.1. The minimum absolute atomic E-state index is 0.156. The molecule has 1 fully saturated rings. The maximum absolute atomic E-state index is 13.8. The lowest BCUT2D eigenvalue weighted by Crippen LogP contribution is -2.30. The van der Waals surface area contributed by atoms with Crippen molar-refractivity contribution in [3.63, 3.8) is 0 Å². The molecular weight excluding hydrogens is 350 g/mol. The van der Waals surface area contributed by atoms with Crippen molar-refractivity contribution < 1.29 is 13.5 Å². The van der Waals surface area contributed by atoms with Gasteiger partial charge in [-0.3, -0.25) is 0 Å². The molecule has 0 amide bonds. The van der Waals surface area contributed by atoms with E-state index in [1.54, 1.807) is 0 Å². The lowest BCUT2D eigenvalue weighted by atomic mass is 9.74. The summed E-state index contributed by atoms with van der Waals surface area (Å²) in [5.74, 6) is -0.0534. The summed E-state index contributed by atoms with van der Waals surface area (Å²) in [4.78, 5) is 0.939. The van der Waals surface area contributed by atoms with Gasteiger partial charge >= 0.3 is 0 Å². The van der Waals surface area contributed by atoms with Crippen molar-refractivity contribution in [1.82, 2.24) is 0 Å². The van der Waals surface area contributed by atoms with Crippen LogP contribution in [0.25, 0.3) is 0 Å². The molecule has 0 aromatic heterocycles. The molecule has 1 heterocycles. The van der Waals surface area contributed by atoms with Gasteiger partial charge in [-0.25, -0.2) is 8.78 Å². The lowest BCUT2D eigenvalue weighted by Gasteiger charge is -2.37. The molecule has 1 aliphatic carbocycles. The van der Waals surface area contributed by atoms with Crippen molar-refractivity contribution in [3.8, 4) is 5.75 Å². The summed E-state index contributed by atoms with van der Waals surface area (Å²) < 4.78 is 32.7. The van der Waals surface area contributed by atoms with E-state index in [9.17, 15) is 8.78 Å². The smallest absolute Gasteiger partial charge is 0.165 e. The summed E-state index contributed by atoms with van der Waals surface area (Å²) in [5.41, 5.74) is 0.482. The van der Waals surface area contributed by atoms with Crippen LogP contribution in [0.2, 0.25) is 5.02 Å². The first-order valence-corrected chi connectivity index (χ1v) is 8.94. The summed E-state index contributed by atoms with van der Waals surface area (Å²) in [6.07, 6.45) is 4.31. The van der Waals surface area contributed by atoms with Crippen LogP contribution in [0.1, 0.15) is 37.2 Å². The van der Waals surface area contributed by atoms with Gasteiger partial charge in [0, 0.05) is 21.4 Å². The standard InChI is InChI=1S/C13H14F2O.C6H5ClS/c14-10-5-6-11(15)13-12(10)9-4-2-1-3-8(9)7-16-13;7-5-1-3-6(8)4-2-5/h5-6,8-9H,1-4,7H2;1-4,8H. The Kier molecular flexibility index (Phi) is 5.67. The van der Waals surface area contributed by atoms with Crippen LogP contribution in [0.4, 0.5) is 8.78 Å². The molecule has 128 valence electrons. The first kappa shape index (κ1) is 17.6. The fourth-order valence-electron chi connectivity index (χ4n) is 3.46. The molecule has 24 heavy (non-hydrogen) atoms. The topological polar surface area (TPSA) is 9.23 Å². The van der Waals surface area contributed by atoms with Gasteiger partial charge in [0.2, 0.25) is 0 Å². The van der Waals surface area contributed by atoms with Crippen LogP contribution in [0.15, 0.2) is 41.3 Å². The minimum Gasteiger partial charge on any atom is -0.490 e. The van der Waals surface area contributed by atoms with Gasteiger partial charge in [0.1, 0.15) is 5.82 Å². The summed E-state index contributed by atoms with van der Waals surface area (Å²) >= 11 is 9.65. The van der Waals surface area contributed by atoms with Crippen LogP contribution in [-0.4, -0.2) is 6.61 Å². The third-order valence-electron chi connectivity index (χ3n) is 4.64. The highest BCUT2D eigenvalue weighted by Crippen LogP contribution is 2.46. The number of rotatable bonds is 0.